The van der Waals surface area contributed by atoms with Crippen LogP contribution in [0.1, 0.15) is 141 Å². The monoisotopic (exact) mass is 1610 g/mol. The lowest BCUT2D eigenvalue weighted by Gasteiger charge is -2.11. The van der Waals surface area contributed by atoms with E-state index in [0.717, 1.165) is 133 Å². The largest absolute Gasteiger partial charge is 0.437 e. The highest BCUT2D eigenvalue weighted by atomic mass is 16.4. The molecule has 0 saturated carbocycles. The highest BCUT2D eigenvalue weighted by Gasteiger charge is 2.30. The lowest BCUT2D eigenvalue weighted by atomic mass is 9.94. The highest BCUT2D eigenvalue weighted by Crippen LogP contribution is 2.45. The Morgan fingerprint density at radius 2 is 0.561 bits per heavy atom. The first-order valence-electron chi connectivity index (χ1n) is 42.9. The number of hydrogen-bond acceptors (Lipinski definition) is 8. The van der Waals surface area contributed by atoms with Crippen LogP contribution in [0.25, 0.3) is 178 Å². The lowest BCUT2D eigenvalue weighted by molar-refractivity contribution is -0.660. The number of benzene rings is 8. The molecule has 0 spiro atoms. The van der Waals surface area contributed by atoms with Crippen molar-refractivity contribution in [3.63, 3.8) is 0 Å². The van der Waals surface area contributed by atoms with Crippen LogP contribution < -0.4 is 18.3 Å². The molecule has 0 bridgehead atoms. The van der Waals surface area contributed by atoms with Gasteiger partial charge in [0.05, 0.1) is 33.4 Å². The number of pyridine rings is 8. The highest BCUT2D eigenvalue weighted by molar-refractivity contribution is 6.13. The van der Waals surface area contributed by atoms with E-state index in [1.54, 1.807) is 0 Å². The van der Waals surface area contributed by atoms with Crippen molar-refractivity contribution >= 4 is 88.3 Å². The summed E-state index contributed by atoms with van der Waals surface area (Å²) in [5.41, 5.74) is 37.9. The minimum atomic E-state index is 0.360. The van der Waals surface area contributed by atoms with Gasteiger partial charge in [-0.05, 0) is 189 Å². The molecule has 0 fully saturated rings. The van der Waals surface area contributed by atoms with E-state index >= 15 is 0 Å². The molecule has 0 aliphatic heterocycles. The summed E-state index contributed by atoms with van der Waals surface area (Å²) < 4.78 is 34.4. The fourth-order valence-corrected chi connectivity index (χ4v) is 17.0. The fourth-order valence-electron chi connectivity index (χ4n) is 17.0. The summed E-state index contributed by atoms with van der Waals surface area (Å²) >= 11 is 0. The van der Waals surface area contributed by atoms with Crippen LogP contribution in [0.2, 0.25) is 0 Å². The first-order valence-corrected chi connectivity index (χ1v) is 42.9. The maximum Gasteiger partial charge on any atom is 0.227 e. The van der Waals surface area contributed by atoms with E-state index in [2.05, 4.69) is 424 Å². The van der Waals surface area contributed by atoms with Gasteiger partial charge in [0.15, 0.2) is 47.1 Å². The van der Waals surface area contributed by atoms with E-state index < -0.39 is 0 Å². The first-order chi connectivity index (χ1) is 59.3. The molecule has 20 rings (SSSR count). The molecule has 0 aliphatic carbocycles. The molecule has 12 aromatic heterocycles. The van der Waals surface area contributed by atoms with Gasteiger partial charge in [0.1, 0.15) is 28.2 Å². The third-order valence-corrected chi connectivity index (χ3v) is 24.2. The molecule has 0 aliphatic rings. The molecule has 0 radical (unpaired) electrons. The number of rotatable bonds is 12. The molecule has 123 heavy (non-hydrogen) atoms. The van der Waals surface area contributed by atoms with Gasteiger partial charge in [0, 0.05) is 102 Å². The number of aryl methyl sites for hydroxylation is 11. The van der Waals surface area contributed by atoms with Crippen molar-refractivity contribution in [2.45, 2.75) is 128 Å². The van der Waals surface area contributed by atoms with Crippen molar-refractivity contribution in [2.75, 3.05) is 0 Å². The second-order valence-electron chi connectivity index (χ2n) is 34.5. The Morgan fingerprint density at radius 1 is 0.244 bits per heavy atom. The van der Waals surface area contributed by atoms with Crippen molar-refractivity contribution in [1.29, 1.82) is 0 Å². The van der Waals surface area contributed by atoms with Gasteiger partial charge in [-0.15, -0.1) is 0 Å². The van der Waals surface area contributed by atoms with Crippen LogP contribution in [0.15, 0.2) is 291 Å². The van der Waals surface area contributed by atoms with Gasteiger partial charge >= 0.3 is 0 Å². The normalized spacial score (nSPS) is 11.7. The number of furan rings is 4. The van der Waals surface area contributed by atoms with Gasteiger partial charge in [0.2, 0.25) is 45.6 Å². The fraction of sp³-hybridized carbons (Fsp3) is 0.207. The van der Waals surface area contributed by atoms with Gasteiger partial charge in [-0.25, -0.2) is 38.2 Å². The van der Waals surface area contributed by atoms with Gasteiger partial charge in [0.25, 0.3) is 0 Å². The molecule has 0 unspecified atom stereocenters. The Hall–Kier alpha value is -13.8. The Kier molecular flexibility index (Phi) is 22.3. The summed E-state index contributed by atoms with van der Waals surface area (Å²) in [7, 11) is 8.38. The van der Waals surface area contributed by atoms with Crippen molar-refractivity contribution < 1.29 is 35.9 Å². The van der Waals surface area contributed by atoms with E-state index in [1.807, 2.05) is 0 Å². The molecular formula is C111H106N8O4+4. The van der Waals surface area contributed by atoms with Crippen LogP contribution in [-0.4, -0.2) is 19.9 Å². The quantitative estimate of drug-likeness (QED) is 0.111. The van der Waals surface area contributed by atoms with E-state index in [1.165, 1.54) is 83.5 Å². The molecule has 12 nitrogen and oxygen atoms in total. The van der Waals surface area contributed by atoms with E-state index in [4.69, 9.17) is 37.6 Å². The van der Waals surface area contributed by atoms with Crippen molar-refractivity contribution in [2.24, 2.45) is 28.2 Å². The second-order valence-corrected chi connectivity index (χ2v) is 34.5. The number of nitrogens with zero attached hydrogens (tertiary/aromatic N) is 8. The standard InChI is InChI=1S/3C28H27N2O.C27H25N2O/c1-17(2)24-14-13-23-22-12-8-19(4)26(27(22)31-28(23)29-24)25-15-11-21(16-30(25)5)20-9-6-18(3)7-10-20;1-17(2)24-13-12-23-22-11-8-19(4)26(27(22)31-28(23)29-24)25-16-21(14-15-30(25)5)20-9-6-18(3)7-10-20;1-17(2)24-15-14-23-22-13-10-19(4)25(27(22)31-28(23)29-24)26-21(7-6-16-30(26)5)20-11-8-18(3)9-12-20;1-17(2)23-15-14-22-21-13-12-18(3)24(26(21)30-27(22)28-23)25-20(11-8-16-29(25)4)19-9-6-5-7-10-19/h3*6-17H,1-5H3;5-17H,1-4H3/q4*+1. The van der Waals surface area contributed by atoms with E-state index in [0.29, 0.717) is 46.5 Å². The Labute approximate surface area is 720 Å². The maximum atomic E-state index is 6.45. The van der Waals surface area contributed by atoms with Crippen LogP contribution in [0, 0.1) is 48.5 Å². The van der Waals surface area contributed by atoms with Gasteiger partial charge in [-0.3, -0.25) is 0 Å². The number of aromatic nitrogens is 8. The van der Waals surface area contributed by atoms with Crippen LogP contribution >= 0.6 is 0 Å². The van der Waals surface area contributed by atoms with Crippen LogP contribution in [-0.2, 0) is 28.2 Å². The van der Waals surface area contributed by atoms with Crippen LogP contribution in [0.4, 0.5) is 0 Å². The molecule has 20 aromatic rings. The summed E-state index contributed by atoms with van der Waals surface area (Å²) in [5, 5.41) is 8.71. The van der Waals surface area contributed by atoms with Crippen molar-refractivity contribution in [3.05, 3.63) is 335 Å². The zero-order valence-electron chi connectivity index (χ0n) is 74.0. The van der Waals surface area contributed by atoms with Crippen LogP contribution in [0.3, 0.4) is 0 Å². The molecule has 610 valence electrons. The molecule has 12 heterocycles. The third kappa shape index (κ3) is 15.8. The zero-order valence-corrected chi connectivity index (χ0v) is 74.0. The first kappa shape index (κ1) is 81.5. The minimum Gasteiger partial charge on any atom is -0.437 e. The Morgan fingerprint density at radius 3 is 0.927 bits per heavy atom. The summed E-state index contributed by atoms with van der Waals surface area (Å²) in [6.45, 7) is 32.2. The van der Waals surface area contributed by atoms with Crippen molar-refractivity contribution in [1.82, 2.24) is 19.9 Å². The predicted octanol–water partition coefficient (Wildman–Crippen LogP) is 27.2. The average Bonchev–Trinajstić information content (AvgIpc) is 1.63. The SMILES string of the molecule is Cc1ccc(-c2cc[n+](C)c(-c3c(C)ccc4c3oc3nc(C(C)C)ccc34)c2)cc1.Cc1ccc(-c2ccc(-c3c(C)ccc4c3oc3nc(C(C)C)ccc34)[n+](C)c2)cc1.Cc1ccc(-c2ccc[n+](C)c2-c2c(C)ccc3c2oc2nc(C(C)C)ccc23)cc1.Cc1ccc2c(oc3nc(C(C)C)ccc32)c1-c1c(-c2ccccc2)ccc[n+]1C. The predicted molar refractivity (Wildman–Crippen MR) is 504 cm³/mol. The van der Waals surface area contributed by atoms with Crippen molar-refractivity contribution in [3.8, 4) is 89.5 Å². The van der Waals surface area contributed by atoms with Gasteiger partial charge < -0.3 is 17.7 Å². The summed E-state index contributed by atoms with van der Waals surface area (Å²) in [6.07, 6.45) is 8.51. The van der Waals surface area contributed by atoms with Gasteiger partial charge in [-0.1, -0.05) is 224 Å². The minimum absolute atomic E-state index is 0.360. The second kappa shape index (κ2) is 33.6. The van der Waals surface area contributed by atoms with Crippen LogP contribution in [0.5, 0.6) is 0 Å². The summed E-state index contributed by atoms with van der Waals surface area (Å²) in [6, 6.07) is 88.3. The number of fused-ring (bicyclic) bond motifs is 12. The average molecular weight is 1620 g/mol. The Bertz CT molecular complexity index is 7430. The summed E-state index contributed by atoms with van der Waals surface area (Å²) in [4.78, 5) is 19.2. The molecule has 0 saturated heterocycles. The molecule has 0 amide bonds. The summed E-state index contributed by atoms with van der Waals surface area (Å²) in [5.74, 6) is 1.45. The molecule has 8 aromatic carbocycles. The maximum absolute atomic E-state index is 6.45. The van der Waals surface area contributed by atoms with Gasteiger partial charge in [-0.2, -0.15) is 0 Å². The molecule has 0 N–H and O–H groups in total. The molecular weight excluding hydrogens is 1510 g/mol. The smallest absolute Gasteiger partial charge is 0.227 e. The van der Waals surface area contributed by atoms with E-state index in [9.17, 15) is 0 Å². The Balaban J connectivity index is 0.000000116. The zero-order chi connectivity index (χ0) is 85.9. The topological polar surface area (TPSA) is 120 Å². The lowest BCUT2D eigenvalue weighted by Crippen LogP contribution is -2.31. The van der Waals surface area contributed by atoms with E-state index in [-0.39, 0.29) is 0 Å². The third-order valence-electron chi connectivity index (χ3n) is 24.2. The molecule has 0 atom stereocenters. The number of hydrogen-bond donors (Lipinski definition) is 0. The molecule has 12 heteroatoms.